The Morgan fingerprint density at radius 2 is 1.95 bits per heavy atom. The van der Waals surface area contributed by atoms with Gasteiger partial charge < -0.3 is 4.74 Å². The number of hydrogen-bond donors (Lipinski definition) is 0. The van der Waals surface area contributed by atoms with E-state index in [0.717, 1.165) is 38.8 Å². The molecule has 7 heteroatoms. The maximum atomic E-state index is 5.87. The Morgan fingerprint density at radius 1 is 1.25 bits per heavy atom. The second kappa shape index (κ2) is 7.56. The van der Waals surface area contributed by atoms with Crippen LogP contribution >= 0.6 is 47.8 Å². The van der Waals surface area contributed by atoms with E-state index in [1.807, 2.05) is 16.8 Å². The number of rotatable bonds is 6. The summed E-state index contributed by atoms with van der Waals surface area (Å²) in [5.74, 6) is 1.61. The second-order valence-electron chi connectivity index (χ2n) is 4.21. The van der Waals surface area contributed by atoms with Gasteiger partial charge in [-0.05, 0) is 56.0 Å². The zero-order chi connectivity index (χ0) is 14.5. The first-order valence-corrected chi connectivity index (χ1v) is 8.89. The lowest BCUT2D eigenvalue weighted by Crippen LogP contribution is -2.09. The fourth-order valence-corrected chi connectivity index (χ4v) is 3.60. The van der Waals surface area contributed by atoms with Crippen LogP contribution in [0.5, 0.6) is 5.75 Å². The number of ether oxygens (including phenoxy) is 1. The molecule has 108 valence electrons. The number of hydrogen-bond acceptors (Lipinski definition) is 3. The number of halogens is 3. The molecule has 0 N–H and O–H groups in total. The van der Waals surface area contributed by atoms with Gasteiger partial charge in [0.25, 0.3) is 0 Å². The molecule has 0 fully saturated rings. The summed E-state index contributed by atoms with van der Waals surface area (Å²) < 4.78 is 9.57. The van der Waals surface area contributed by atoms with Crippen molar-refractivity contribution in [3.05, 3.63) is 38.8 Å². The van der Waals surface area contributed by atoms with Crippen LogP contribution < -0.4 is 4.74 Å². The Hall–Kier alpha value is -0.400. The summed E-state index contributed by atoms with van der Waals surface area (Å²) in [6.07, 6.45) is 2.58. The molecule has 0 spiro atoms. The van der Waals surface area contributed by atoms with Crippen molar-refractivity contribution in [2.24, 2.45) is 0 Å². The lowest BCUT2D eigenvalue weighted by Gasteiger charge is -2.12. The van der Waals surface area contributed by atoms with Gasteiger partial charge in [-0.25, -0.2) is 9.67 Å². The number of benzene rings is 1. The van der Waals surface area contributed by atoms with Crippen molar-refractivity contribution in [1.82, 2.24) is 14.8 Å². The van der Waals surface area contributed by atoms with Crippen LogP contribution in [0.3, 0.4) is 0 Å². The van der Waals surface area contributed by atoms with Crippen molar-refractivity contribution in [2.75, 3.05) is 0 Å². The molecule has 0 saturated carbocycles. The zero-order valence-electron chi connectivity index (χ0n) is 10.9. The van der Waals surface area contributed by atoms with Gasteiger partial charge in [0, 0.05) is 11.9 Å². The molecule has 0 aliphatic heterocycles. The molecule has 0 unspecified atom stereocenters. The first-order valence-electron chi connectivity index (χ1n) is 6.19. The largest absolute Gasteiger partial charge is 0.483 e. The predicted molar refractivity (Wildman–Crippen MR) is 89.1 cm³/mol. The summed E-state index contributed by atoms with van der Waals surface area (Å²) in [5.41, 5.74) is 1.17. The Labute approximate surface area is 143 Å². The third-order valence-corrected chi connectivity index (χ3v) is 4.51. The minimum atomic E-state index is 0.394. The highest BCUT2D eigenvalue weighted by Gasteiger charge is 2.11. The number of alkyl halides is 1. The highest BCUT2D eigenvalue weighted by molar-refractivity contribution is 9.11. The summed E-state index contributed by atoms with van der Waals surface area (Å²) in [7, 11) is 0. The third-order valence-electron chi connectivity index (χ3n) is 2.69. The Morgan fingerprint density at radius 3 is 2.55 bits per heavy atom. The van der Waals surface area contributed by atoms with Crippen LogP contribution in [0.2, 0.25) is 0 Å². The molecule has 1 heterocycles. The van der Waals surface area contributed by atoms with Gasteiger partial charge in [-0.3, -0.25) is 0 Å². The normalized spacial score (nSPS) is 10.8. The minimum Gasteiger partial charge on any atom is -0.483 e. The molecule has 1 aromatic heterocycles. The Kier molecular flexibility index (Phi) is 6.04. The molecule has 0 bridgehead atoms. The molecular formula is C13H14Br3N3O. The van der Waals surface area contributed by atoms with Gasteiger partial charge >= 0.3 is 0 Å². The maximum Gasteiger partial charge on any atom is 0.164 e. The fourth-order valence-electron chi connectivity index (χ4n) is 1.76. The molecule has 20 heavy (non-hydrogen) atoms. The van der Waals surface area contributed by atoms with Crippen molar-refractivity contribution < 1.29 is 4.74 Å². The molecule has 2 rings (SSSR count). The van der Waals surface area contributed by atoms with E-state index < -0.39 is 0 Å². The van der Waals surface area contributed by atoms with Crippen LogP contribution in [0.4, 0.5) is 0 Å². The fraction of sp³-hybridized carbons (Fsp3) is 0.385. The Bertz CT molecular complexity index is 563. The van der Waals surface area contributed by atoms with E-state index in [0.29, 0.717) is 6.61 Å². The summed E-state index contributed by atoms with van der Waals surface area (Å²) in [5, 5.41) is 4.99. The molecule has 4 nitrogen and oxygen atoms in total. The summed E-state index contributed by atoms with van der Waals surface area (Å²) in [6, 6.07) is 4.07. The molecule has 0 amide bonds. The van der Waals surface area contributed by atoms with E-state index in [-0.39, 0.29) is 0 Å². The van der Waals surface area contributed by atoms with Crippen molar-refractivity contribution in [3.8, 4) is 5.75 Å². The highest BCUT2D eigenvalue weighted by atomic mass is 79.9. The van der Waals surface area contributed by atoms with Crippen molar-refractivity contribution in [2.45, 2.75) is 31.8 Å². The van der Waals surface area contributed by atoms with Crippen molar-refractivity contribution >= 4 is 47.8 Å². The highest BCUT2D eigenvalue weighted by Crippen LogP contribution is 2.35. The van der Waals surface area contributed by atoms with E-state index in [2.05, 4.69) is 64.8 Å². The number of aryl methyl sites for hydroxylation is 1. The second-order valence-corrected chi connectivity index (χ2v) is 6.48. The van der Waals surface area contributed by atoms with E-state index >= 15 is 0 Å². The molecule has 0 aliphatic rings. The van der Waals surface area contributed by atoms with Crippen LogP contribution in [0.15, 0.2) is 27.4 Å². The van der Waals surface area contributed by atoms with Gasteiger partial charge in [0.15, 0.2) is 5.82 Å². The lowest BCUT2D eigenvalue weighted by atomic mass is 10.2. The quantitative estimate of drug-likeness (QED) is 0.579. The van der Waals surface area contributed by atoms with Gasteiger partial charge in [-0.1, -0.05) is 22.9 Å². The molecule has 1 aromatic carbocycles. The van der Waals surface area contributed by atoms with Crippen molar-refractivity contribution in [3.63, 3.8) is 0 Å². The molecular weight excluding hydrogens is 454 g/mol. The van der Waals surface area contributed by atoms with Crippen LogP contribution in [-0.4, -0.2) is 14.8 Å². The van der Waals surface area contributed by atoms with Gasteiger partial charge in [-0.15, -0.1) is 0 Å². The smallest absolute Gasteiger partial charge is 0.164 e. The first kappa shape index (κ1) is 16.0. The van der Waals surface area contributed by atoms with Gasteiger partial charge in [0.05, 0.1) is 8.95 Å². The van der Waals surface area contributed by atoms with Crippen molar-refractivity contribution in [1.29, 1.82) is 0 Å². The summed E-state index contributed by atoms with van der Waals surface area (Å²) in [6.45, 7) is 3.35. The third kappa shape index (κ3) is 3.83. The minimum absolute atomic E-state index is 0.394. The summed E-state index contributed by atoms with van der Waals surface area (Å²) >= 11 is 10.5. The average molecular weight is 468 g/mol. The molecule has 0 atom stereocenters. The topological polar surface area (TPSA) is 39.9 Å². The van der Waals surface area contributed by atoms with Crippen LogP contribution in [0, 0.1) is 0 Å². The van der Waals surface area contributed by atoms with Crippen LogP contribution in [0.25, 0.3) is 0 Å². The van der Waals surface area contributed by atoms with E-state index in [1.165, 1.54) is 5.56 Å². The predicted octanol–water partition coefficient (Wildman–Crippen LogP) is 4.69. The van der Waals surface area contributed by atoms with E-state index in [9.17, 15) is 0 Å². The zero-order valence-corrected chi connectivity index (χ0v) is 15.7. The number of aromatic nitrogens is 3. The molecule has 0 radical (unpaired) electrons. The van der Waals surface area contributed by atoms with Crippen LogP contribution in [-0.2, 0) is 18.5 Å². The van der Waals surface area contributed by atoms with Crippen LogP contribution in [0.1, 0.15) is 24.7 Å². The van der Waals surface area contributed by atoms with Gasteiger partial charge in [0.2, 0.25) is 0 Å². The molecule has 0 aliphatic carbocycles. The molecule has 2 aromatic rings. The average Bonchev–Trinajstić information content (AvgIpc) is 2.85. The summed E-state index contributed by atoms with van der Waals surface area (Å²) in [4.78, 5) is 4.23. The lowest BCUT2D eigenvalue weighted by molar-refractivity contribution is 0.282. The Balaban J connectivity index is 2.13. The first-order chi connectivity index (χ1) is 9.65. The molecule has 0 saturated heterocycles. The van der Waals surface area contributed by atoms with E-state index in [4.69, 9.17) is 4.74 Å². The van der Waals surface area contributed by atoms with Gasteiger partial charge in [-0.2, -0.15) is 5.10 Å². The van der Waals surface area contributed by atoms with Gasteiger partial charge in [0.1, 0.15) is 18.7 Å². The number of nitrogens with zero attached hydrogens (tertiary/aromatic N) is 3. The maximum absolute atomic E-state index is 5.87. The monoisotopic (exact) mass is 465 g/mol. The SMILES string of the molecule is CCCn1ncnc1COc1c(Br)cc(CBr)cc1Br. The standard InChI is InChI=1S/C13H14Br3N3O/c1-2-3-19-12(17-8-18-19)7-20-13-10(15)4-9(6-14)5-11(13)16/h4-5,8H,2-3,6-7H2,1H3. The van der Waals surface area contributed by atoms with E-state index in [1.54, 1.807) is 6.33 Å².